The van der Waals surface area contributed by atoms with Gasteiger partial charge in [-0.25, -0.2) is 4.79 Å². The Morgan fingerprint density at radius 3 is 2.48 bits per heavy atom. The molecular weight excluding hydrogens is 268 g/mol. The molecule has 0 spiro atoms. The van der Waals surface area contributed by atoms with Crippen LogP contribution in [0.15, 0.2) is 24.3 Å². The number of rotatable bonds is 2. The van der Waals surface area contributed by atoms with Crippen molar-refractivity contribution in [3.63, 3.8) is 0 Å². The molecule has 2 rings (SSSR count). The predicted molar refractivity (Wildman–Crippen MR) is 81.3 cm³/mol. The summed E-state index contributed by atoms with van der Waals surface area (Å²) in [5.41, 5.74) is 1.47. The number of nitrogens with one attached hydrogen (secondary N) is 1. The first-order valence-corrected chi connectivity index (χ1v) is 7.11. The van der Waals surface area contributed by atoms with Crippen LogP contribution in [0.1, 0.15) is 32.8 Å². The SMILES string of the molecule is Cc1ccc(N2C[C@@H](NC(=O)OC(C)(C)C)CC2=O)cc1. The minimum Gasteiger partial charge on any atom is -0.444 e. The standard InChI is InChI=1S/C16H22N2O3/c1-11-5-7-13(8-6-11)18-10-12(9-14(18)19)17-15(20)21-16(2,3)4/h5-8,12H,9-10H2,1-4H3,(H,17,20)/t12-/m0/s1. The second-order valence-corrected chi connectivity index (χ2v) is 6.39. The number of carbonyl (C=O) groups excluding carboxylic acids is 2. The second-order valence-electron chi connectivity index (χ2n) is 6.39. The van der Waals surface area contributed by atoms with E-state index in [2.05, 4.69) is 5.32 Å². The summed E-state index contributed by atoms with van der Waals surface area (Å²) < 4.78 is 5.21. The molecule has 5 nitrogen and oxygen atoms in total. The van der Waals surface area contributed by atoms with E-state index < -0.39 is 11.7 Å². The summed E-state index contributed by atoms with van der Waals surface area (Å²) in [5.74, 6) is 0.0138. The molecule has 0 unspecified atom stereocenters. The molecule has 21 heavy (non-hydrogen) atoms. The lowest BCUT2D eigenvalue weighted by Crippen LogP contribution is -2.40. The van der Waals surface area contributed by atoms with Gasteiger partial charge in [0, 0.05) is 18.7 Å². The average molecular weight is 290 g/mol. The molecule has 1 N–H and O–H groups in total. The zero-order valence-corrected chi connectivity index (χ0v) is 13.0. The summed E-state index contributed by atoms with van der Waals surface area (Å²) in [6.45, 7) is 7.91. The maximum Gasteiger partial charge on any atom is 0.407 e. The molecule has 1 saturated heterocycles. The molecule has 0 bridgehead atoms. The highest BCUT2D eigenvalue weighted by molar-refractivity contribution is 5.96. The Kier molecular flexibility index (Phi) is 4.21. The normalized spacial score (nSPS) is 18.8. The van der Waals surface area contributed by atoms with Crippen LogP contribution in [-0.2, 0) is 9.53 Å². The highest BCUT2D eigenvalue weighted by Gasteiger charge is 2.32. The molecule has 1 aliphatic heterocycles. The van der Waals surface area contributed by atoms with Gasteiger partial charge in [0.15, 0.2) is 0 Å². The van der Waals surface area contributed by atoms with E-state index in [0.717, 1.165) is 11.3 Å². The third-order valence-electron chi connectivity index (χ3n) is 3.19. The molecule has 0 saturated carbocycles. The van der Waals surface area contributed by atoms with E-state index in [-0.39, 0.29) is 11.9 Å². The maximum atomic E-state index is 12.1. The fraction of sp³-hybridized carbons (Fsp3) is 0.500. The first kappa shape index (κ1) is 15.4. The van der Waals surface area contributed by atoms with Crippen molar-refractivity contribution < 1.29 is 14.3 Å². The Hall–Kier alpha value is -2.04. The number of anilines is 1. The van der Waals surface area contributed by atoms with Gasteiger partial charge in [-0.1, -0.05) is 17.7 Å². The lowest BCUT2D eigenvalue weighted by atomic mass is 10.2. The molecule has 0 radical (unpaired) electrons. The van der Waals surface area contributed by atoms with Crippen LogP contribution in [0.5, 0.6) is 0 Å². The molecule has 114 valence electrons. The molecule has 1 aromatic rings. The van der Waals surface area contributed by atoms with Crippen LogP contribution in [0.4, 0.5) is 10.5 Å². The molecule has 2 amide bonds. The topological polar surface area (TPSA) is 58.6 Å². The number of amides is 2. The Bertz CT molecular complexity index is 531. The summed E-state index contributed by atoms with van der Waals surface area (Å²) in [7, 11) is 0. The summed E-state index contributed by atoms with van der Waals surface area (Å²) >= 11 is 0. The van der Waals surface area contributed by atoms with Gasteiger partial charge < -0.3 is 15.0 Å². The van der Waals surface area contributed by atoms with Gasteiger partial charge >= 0.3 is 6.09 Å². The van der Waals surface area contributed by atoms with E-state index >= 15 is 0 Å². The lowest BCUT2D eigenvalue weighted by Gasteiger charge is -2.22. The van der Waals surface area contributed by atoms with Crippen molar-refractivity contribution in [2.24, 2.45) is 0 Å². The van der Waals surface area contributed by atoms with Crippen LogP contribution < -0.4 is 10.2 Å². The van der Waals surface area contributed by atoms with Crippen LogP contribution in [0, 0.1) is 6.92 Å². The van der Waals surface area contributed by atoms with Crippen molar-refractivity contribution in [1.29, 1.82) is 0 Å². The lowest BCUT2D eigenvalue weighted by molar-refractivity contribution is -0.117. The van der Waals surface area contributed by atoms with Crippen molar-refractivity contribution in [2.75, 3.05) is 11.4 Å². The highest BCUT2D eigenvalue weighted by atomic mass is 16.6. The minimum absolute atomic E-state index is 0.0138. The van der Waals surface area contributed by atoms with Crippen molar-refractivity contribution in [2.45, 2.75) is 45.8 Å². The van der Waals surface area contributed by atoms with E-state index in [0.29, 0.717) is 13.0 Å². The van der Waals surface area contributed by atoms with Gasteiger partial charge in [-0.3, -0.25) is 4.79 Å². The highest BCUT2D eigenvalue weighted by Crippen LogP contribution is 2.22. The largest absolute Gasteiger partial charge is 0.444 e. The third-order valence-corrected chi connectivity index (χ3v) is 3.19. The maximum absolute atomic E-state index is 12.1. The van der Waals surface area contributed by atoms with Gasteiger partial charge in [-0.05, 0) is 39.8 Å². The molecule has 1 aromatic carbocycles. The van der Waals surface area contributed by atoms with Crippen LogP contribution in [0.3, 0.4) is 0 Å². The fourth-order valence-corrected chi connectivity index (χ4v) is 2.25. The number of benzene rings is 1. The van der Waals surface area contributed by atoms with Crippen molar-refractivity contribution in [3.05, 3.63) is 29.8 Å². The van der Waals surface area contributed by atoms with Gasteiger partial charge in [-0.15, -0.1) is 0 Å². The average Bonchev–Trinajstić information content (AvgIpc) is 2.68. The number of carbonyl (C=O) groups is 2. The van der Waals surface area contributed by atoms with E-state index in [4.69, 9.17) is 4.74 Å². The second kappa shape index (κ2) is 5.76. The Morgan fingerprint density at radius 2 is 1.90 bits per heavy atom. The minimum atomic E-state index is -0.538. The number of ether oxygens (including phenoxy) is 1. The third kappa shape index (κ3) is 4.21. The number of aryl methyl sites for hydroxylation is 1. The summed E-state index contributed by atoms with van der Waals surface area (Å²) in [4.78, 5) is 25.5. The summed E-state index contributed by atoms with van der Waals surface area (Å²) in [6, 6.07) is 7.56. The summed E-state index contributed by atoms with van der Waals surface area (Å²) in [5, 5.41) is 2.75. The smallest absolute Gasteiger partial charge is 0.407 e. The molecule has 1 atom stereocenters. The van der Waals surface area contributed by atoms with Crippen LogP contribution >= 0.6 is 0 Å². The first-order chi connectivity index (χ1) is 9.74. The van der Waals surface area contributed by atoms with E-state index in [1.54, 1.807) is 4.90 Å². The zero-order valence-electron chi connectivity index (χ0n) is 13.0. The van der Waals surface area contributed by atoms with E-state index in [1.165, 1.54) is 0 Å². The zero-order chi connectivity index (χ0) is 15.6. The molecular formula is C16H22N2O3. The van der Waals surface area contributed by atoms with Gasteiger partial charge in [-0.2, -0.15) is 0 Å². The quantitative estimate of drug-likeness (QED) is 0.911. The van der Waals surface area contributed by atoms with Crippen LogP contribution in [-0.4, -0.2) is 30.2 Å². The monoisotopic (exact) mass is 290 g/mol. The van der Waals surface area contributed by atoms with E-state index in [1.807, 2.05) is 52.0 Å². The molecule has 5 heteroatoms. The van der Waals surface area contributed by atoms with Crippen molar-refractivity contribution in [3.8, 4) is 0 Å². The Morgan fingerprint density at radius 1 is 1.29 bits per heavy atom. The molecule has 1 aliphatic rings. The van der Waals surface area contributed by atoms with Gasteiger partial charge in [0.1, 0.15) is 5.60 Å². The van der Waals surface area contributed by atoms with Crippen LogP contribution in [0.25, 0.3) is 0 Å². The molecule has 0 aromatic heterocycles. The number of hydrogen-bond donors (Lipinski definition) is 1. The number of hydrogen-bond acceptors (Lipinski definition) is 3. The predicted octanol–water partition coefficient (Wildman–Crippen LogP) is 2.63. The fourth-order valence-electron chi connectivity index (χ4n) is 2.25. The van der Waals surface area contributed by atoms with Crippen molar-refractivity contribution >= 4 is 17.7 Å². The van der Waals surface area contributed by atoms with Crippen LogP contribution in [0.2, 0.25) is 0 Å². The van der Waals surface area contributed by atoms with Crippen molar-refractivity contribution in [1.82, 2.24) is 5.32 Å². The Labute approximate surface area is 125 Å². The van der Waals surface area contributed by atoms with Gasteiger partial charge in [0.05, 0.1) is 6.04 Å². The first-order valence-electron chi connectivity index (χ1n) is 7.11. The van der Waals surface area contributed by atoms with Gasteiger partial charge in [0.2, 0.25) is 5.91 Å². The molecule has 1 fully saturated rings. The Balaban J connectivity index is 1.96. The van der Waals surface area contributed by atoms with Gasteiger partial charge in [0.25, 0.3) is 0 Å². The molecule has 1 heterocycles. The summed E-state index contributed by atoms with van der Waals surface area (Å²) in [6.07, 6.45) is -0.182. The molecule has 0 aliphatic carbocycles. The van der Waals surface area contributed by atoms with E-state index in [9.17, 15) is 9.59 Å². The number of nitrogens with zero attached hydrogens (tertiary/aromatic N) is 1. The number of alkyl carbamates (subject to hydrolysis) is 1.